The lowest BCUT2D eigenvalue weighted by molar-refractivity contribution is 0.0263. The van der Waals surface area contributed by atoms with Crippen molar-refractivity contribution in [2.75, 3.05) is 25.4 Å². The zero-order valence-corrected chi connectivity index (χ0v) is 12.0. The highest BCUT2D eigenvalue weighted by Crippen LogP contribution is 2.20. The van der Waals surface area contributed by atoms with Gasteiger partial charge in [-0.15, -0.1) is 0 Å². The van der Waals surface area contributed by atoms with Crippen molar-refractivity contribution < 1.29 is 4.74 Å². The van der Waals surface area contributed by atoms with Gasteiger partial charge < -0.3 is 10.1 Å². The first-order valence-electron chi connectivity index (χ1n) is 7.36. The number of hydrogen-bond acceptors (Lipinski definition) is 3. The molecular formula is C14H29NOS. The van der Waals surface area contributed by atoms with Gasteiger partial charge in [-0.1, -0.05) is 32.1 Å². The van der Waals surface area contributed by atoms with Crippen molar-refractivity contribution in [1.29, 1.82) is 0 Å². The molecule has 1 rings (SSSR count). The van der Waals surface area contributed by atoms with E-state index in [0.29, 0.717) is 6.10 Å². The molecule has 102 valence electrons. The van der Waals surface area contributed by atoms with Gasteiger partial charge >= 0.3 is 0 Å². The van der Waals surface area contributed by atoms with Gasteiger partial charge in [-0.2, -0.15) is 12.6 Å². The third kappa shape index (κ3) is 8.92. The minimum atomic E-state index is 0.584. The van der Waals surface area contributed by atoms with Crippen LogP contribution in [-0.4, -0.2) is 31.6 Å². The molecule has 0 aromatic carbocycles. The van der Waals surface area contributed by atoms with Crippen molar-refractivity contribution in [3.8, 4) is 0 Å². The molecule has 0 amide bonds. The van der Waals surface area contributed by atoms with E-state index in [-0.39, 0.29) is 0 Å². The molecule has 17 heavy (non-hydrogen) atoms. The molecule has 1 aliphatic rings. The van der Waals surface area contributed by atoms with Crippen LogP contribution in [0.25, 0.3) is 0 Å². The fourth-order valence-electron chi connectivity index (χ4n) is 2.39. The first-order chi connectivity index (χ1) is 8.43. The minimum absolute atomic E-state index is 0.584. The highest BCUT2D eigenvalue weighted by Gasteiger charge is 2.12. The Morgan fingerprint density at radius 3 is 2.47 bits per heavy atom. The zero-order chi connectivity index (χ0) is 12.2. The molecule has 0 saturated heterocycles. The van der Waals surface area contributed by atoms with E-state index in [2.05, 4.69) is 17.9 Å². The van der Waals surface area contributed by atoms with E-state index >= 15 is 0 Å². The summed E-state index contributed by atoms with van der Waals surface area (Å²) in [6.07, 6.45) is 12.5. The van der Waals surface area contributed by atoms with Crippen LogP contribution >= 0.6 is 12.6 Å². The maximum absolute atomic E-state index is 5.90. The number of rotatable bonds is 10. The molecule has 0 radical (unpaired) electrons. The summed E-state index contributed by atoms with van der Waals surface area (Å²) in [6.45, 7) is 3.16. The highest BCUT2D eigenvalue weighted by atomic mass is 32.1. The molecule has 1 saturated carbocycles. The Hall–Kier alpha value is 0.270. The summed E-state index contributed by atoms with van der Waals surface area (Å²) < 4.78 is 5.90. The third-order valence-electron chi connectivity index (χ3n) is 3.44. The third-order valence-corrected chi connectivity index (χ3v) is 3.67. The summed E-state index contributed by atoms with van der Waals surface area (Å²) in [6, 6.07) is 0. The van der Waals surface area contributed by atoms with Crippen LogP contribution in [0.1, 0.15) is 57.8 Å². The summed E-state index contributed by atoms with van der Waals surface area (Å²) in [5, 5.41) is 3.37. The Morgan fingerprint density at radius 2 is 1.71 bits per heavy atom. The minimum Gasteiger partial charge on any atom is -0.378 e. The van der Waals surface area contributed by atoms with Crippen LogP contribution in [0.3, 0.4) is 0 Å². The number of thiol groups is 1. The second-order valence-electron chi connectivity index (χ2n) is 5.02. The second-order valence-corrected chi connectivity index (χ2v) is 5.47. The molecule has 0 bridgehead atoms. The van der Waals surface area contributed by atoms with Crippen molar-refractivity contribution in [3.05, 3.63) is 0 Å². The molecule has 1 fully saturated rings. The number of ether oxygens (including phenoxy) is 1. The molecule has 0 aromatic heterocycles. The Labute approximate surface area is 112 Å². The number of nitrogens with one attached hydrogen (secondary N) is 1. The second kappa shape index (κ2) is 11.4. The quantitative estimate of drug-likeness (QED) is 0.463. The SMILES string of the molecule is SCCNCCCCCCOC1CCCCC1. The fraction of sp³-hybridized carbons (Fsp3) is 1.00. The van der Waals surface area contributed by atoms with Crippen LogP contribution < -0.4 is 5.32 Å². The molecule has 1 aliphatic carbocycles. The molecule has 0 aliphatic heterocycles. The maximum Gasteiger partial charge on any atom is 0.0575 e. The van der Waals surface area contributed by atoms with Gasteiger partial charge in [0.05, 0.1) is 6.10 Å². The zero-order valence-electron chi connectivity index (χ0n) is 11.1. The molecular weight excluding hydrogens is 230 g/mol. The smallest absolute Gasteiger partial charge is 0.0575 e. The summed E-state index contributed by atoms with van der Waals surface area (Å²) in [4.78, 5) is 0. The average Bonchev–Trinajstić information content (AvgIpc) is 2.38. The molecule has 0 heterocycles. The Morgan fingerprint density at radius 1 is 0.941 bits per heavy atom. The normalized spacial score (nSPS) is 17.5. The predicted octanol–water partition coefficient (Wildman–Crippen LogP) is 3.42. The van der Waals surface area contributed by atoms with Crippen molar-refractivity contribution in [3.63, 3.8) is 0 Å². The maximum atomic E-state index is 5.90. The van der Waals surface area contributed by atoms with Crippen molar-refractivity contribution >= 4 is 12.6 Å². The Kier molecular flexibility index (Phi) is 10.2. The number of hydrogen-bond donors (Lipinski definition) is 2. The van der Waals surface area contributed by atoms with Gasteiger partial charge in [-0.25, -0.2) is 0 Å². The summed E-state index contributed by atoms with van der Waals surface area (Å²) >= 11 is 4.16. The average molecular weight is 259 g/mol. The Bertz CT molecular complexity index is 160. The molecule has 0 aromatic rings. The van der Waals surface area contributed by atoms with Crippen molar-refractivity contribution in [2.45, 2.75) is 63.9 Å². The number of unbranched alkanes of at least 4 members (excludes halogenated alkanes) is 3. The molecule has 0 spiro atoms. The summed E-state index contributed by atoms with van der Waals surface area (Å²) in [5.74, 6) is 0.940. The molecule has 0 unspecified atom stereocenters. The standard InChI is InChI=1S/C14H29NOS/c17-13-11-15-10-6-1-2-7-12-16-14-8-4-3-5-9-14/h14-15,17H,1-13H2. The van der Waals surface area contributed by atoms with Crippen LogP contribution in [0.4, 0.5) is 0 Å². The summed E-state index contributed by atoms with van der Waals surface area (Å²) in [7, 11) is 0. The predicted molar refractivity (Wildman–Crippen MR) is 78.0 cm³/mol. The highest BCUT2D eigenvalue weighted by molar-refractivity contribution is 7.80. The van der Waals surface area contributed by atoms with Gasteiger partial charge in [0.15, 0.2) is 0 Å². The largest absolute Gasteiger partial charge is 0.378 e. The van der Waals surface area contributed by atoms with Gasteiger partial charge in [0, 0.05) is 18.9 Å². The van der Waals surface area contributed by atoms with E-state index in [9.17, 15) is 0 Å². The lowest BCUT2D eigenvalue weighted by Crippen LogP contribution is -2.18. The molecule has 0 atom stereocenters. The van der Waals surface area contributed by atoms with Crippen molar-refractivity contribution in [1.82, 2.24) is 5.32 Å². The van der Waals surface area contributed by atoms with Gasteiger partial charge in [-0.3, -0.25) is 0 Å². The van der Waals surface area contributed by atoms with Crippen molar-refractivity contribution in [2.24, 2.45) is 0 Å². The molecule has 3 heteroatoms. The van der Waals surface area contributed by atoms with E-state index in [0.717, 1.165) is 25.4 Å². The first-order valence-corrected chi connectivity index (χ1v) is 8.00. The van der Waals surface area contributed by atoms with Crippen LogP contribution in [0, 0.1) is 0 Å². The van der Waals surface area contributed by atoms with Crippen LogP contribution in [-0.2, 0) is 4.74 Å². The van der Waals surface area contributed by atoms with Crippen LogP contribution in [0.5, 0.6) is 0 Å². The topological polar surface area (TPSA) is 21.3 Å². The molecule has 1 N–H and O–H groups in total. The lowest BCUT2D eigenvalue weighted by Gasteiger charge is -2.21. The summed E-state index contributed by atoms with van der Waals surface area (Å²) in [5.41, 5.74) is 0. The first kappa shape index (κ1) is 15.3. The van der Waals surface area contributed by atoms with E-state index in [4.69, 9.17) is 4.74 Å². The van der Waals surface area contributed by atoms with E-state index in [1.54, 1.807) is 0 Å². The van der Waals surface area contributed by atoms with Gasteiger partial charge in [0.25, 0.3) is 0 Å². The van der Waals surface area contributed by atoms with E-state index < -0.39 is 0 Å². The van der Waals surface area contributed by atoms with Crippen LogP contribution in [0.2, 0.25) is 0 Å². The lowest BCUT2D eigenvalue weighted by atomic mass is 9.98. The molecule has 2 nitrogen and oxygen atoms in total. The Balaban J connectivity index is 1.75. The van der Waals surface area contributed by atoms with Crippen LogP contribution in [0.15, 0.2) is 0 Å². The van der Waals surface area contributed by atoms with Gasteiger partial charge in [0.1, 0.15) is 0 Å². The monoisotopic (exact) mass is 259 g/mol. The fourth-order valence-corrected chi connectivity index (χ4v) is 2.55. The van der Waals surface area contributed by atoms with E-state index in [1.165, 1.54) is 57.8 Å². The van der Waals surface area contributed by atoms with E-state index in [1.807, 2.05) is 0 Å². The van der Waals surface area contributed by atoms with Gasteiger partial charge in [0.2, 0.25) is 0 Å². The van der Waals surface area contributed by atoms with Gasteiger partial charge in [-0.05, 0) is 32.2 Å².